The number of para-hydroxylation sites is 1. The Hall–Kier alpha value is -3.66. The molecule has 1 aliphatic heterocycles. The zero-order valence-electron chi connectivity index (χ0n) is 18.0. The lowest BCUT2D eigenvalue weighted by atomic mass is 10.1. The van der Waals surface area contributed by atoms with Crippen LogP contribution in [0.5, 0.6) is 5.75 Å². The summed E-state index contributed by atoms with van der Waals surface area (Å²) in [5.74, 6) is -2.24. The van der Waals surface area contributed by atoms with E-state index in [1.165, 1.54) is 36.4 Å². The van der Waals surface area contributed by atoms with Crippen molar-refractivity contribution in [1.82, 2.24) is 5.32 Å². The summed E-state index contributed by atoms with van der Waals surface area (Å²) in [6, 6.07) is 15.5. The lowest BCUT2D eigenvalue weighted by Gasteiger charge is -2.26. The number of hydrogen-bond donors (Lipinski definition) is 1. The van der Waals surface area contributed by atoms with E-state index < -0.39 is 33.5 Å². The van der Waals surface area contributed by atoms with Crippen molar-refractivity contribution < 1.29 is 27.0 Å². The van der Waals surface area contributed by atoms with Gasteiger partial charge < -0.3 is 4.18 Å². The van der Waals surface area contributed by atoms with Gasteiger partial charge in [0.1, 0.15) is 10.5 Å². The Balaban J connectivity index is 1.79. The third-order valence-electron chi connectivity index (χ3n) is 4.96. The van der Waals surface area contributed by atoms with E-state index in [9.17, 15) is 22.8 Å². The number of nitrogens with zero attached hydrogens (tertiary/aromatic N) is 1. The minimum Gasteiger partial charge on any atom is -0.377 e. The average Bonchev–Trinajstić information content (AvgIpc) is 2.79. The fourth-order valence-electron chi connectivity index (χ4n) is 3.26. The number of benzene rings is 3. The lowest BCUT2D eigenvalue weighted by Crippen LogP contribution is -2.54. The van der Waals surface area contributed by atoms with Gasteiger partial charge in [0.25, 0.3) is 11.8 Å². The first-order chi connectivity index (χ1) is 16.6. The SMILES string of the molecule is Cc1ccc(S(=O)(=O)Oc2c(Cl)cc(Cl)cc2/C=C2\C(=O)NC(=O)N(c3ccccc3)C2=O)cc1. The van der Waals surface area contributed by atoms with E-state index in [4.69, 9.17) is 27.4 Å². The maximum absolute atomic E-state index is 13.1. The number of urea groups is 1. The minimum absolute atomic E-state index is 0.0564. The molecule has 0 atom stereocenters. The van der Waals surface area contributed by atoms with Crippen molar-refractivity contribution in [2.75, 3.05) is 4.90 Å². The Morgan fingerprint density at radius 1 is 0.943 bits per heavy atom. The summed E-state index contributed by atoms with van der Waals surface area (Å²) in [5, 5.41) is 2.02. The average molecular weight is 531 g/mol. The van der Waals surface area contributed by atoms with Crippen LogP contribution in [0.3, 0.4) is 0 Å². The summed E-state index contributed by atoms with van der Waals surface area (Å²) in [6.45, 7) is 1.80. The minimum atomic E-state index is -4.33. The number of barbiturate groups is 1. The second-order valence-electron chi connectivity index (χ2n) is 7.45. The molecule has 0 radical (unpaired) electrons. The van der Waals surface area contributed by atoms with Gasteiger partial charge in [0.2, 0.25) is 0 Å². The monoisotopic (exact) mass is 530 g/mol. The largest absolute Gasteiger partial charge is 0.377 e. The van der Waals surface area contributed by atoms with Crippen LogP contribution < -0.4 is 14.4 Å². The molecule has 1 N–H and O–H groups in total. The van der Waals surface area contributed by atoms with Gasteiger partial charge in [0.15, 0.2) is 5.75 Å². The van der Waals surface area contributed by atoms with Gasteiger partial charge in [-0.1, -0.05) is 59.1 Å². The highest BCUT2D eigenvalue weighted by Crippen LogP contribution is 2.36. The van der Waals surface area contributed by atoms with Crippen LogP contribution >= 0.6 is 23.2 Å². The number of nitrogens with one attached hydrogen (secondary N) is 1. The normalized spacial score (nSPS) is 15.3. The van der Waals surface area contributed by atoms with Gasteiger partial charge in [-0.05, 0) is 49.4 Å². The maximum Gasteiger partial charge on any atom is 0.339 e. The van der Waals surface area contributed by atoms with E-state index in [-0.39, 0.29) is 31.9 Å². The molecule has 11 heteroatoms. The molecule has 1 heterocycles. The van der Waals surface area contributed by atoms with Crippen molar-refractivity contribution in [1.29, 1.82) is 0 Å². The molecule has 4 rings (SSSR count). The van der Waals surface area contributed by atoms with Gasteiger partial charge in [0, 0.05) is 10.6 Å². The molecule has 8 nitrogen and oxygen atoms in total. The first kappa shape index (κ1) is 24.5. The smallest absolute Gasteiger partial charge is 0.339 e. The fraction of sp³-hybridized carbons (Fsp3) is 0.0417. The Morgan fingerprint density at radius 3 is 2.26 bits per heavy atom. The number of hydrogen-bond acceptors (Lipinski definition) is 6. The number of aryl methyl sites for hydroxylation is 1. The van der Waals surface area contributed by atoms with Gasteiger partial charge in [0.05, 0.1) is 10.7 Å². The molecule has 3 aromatic carbocycles. The summed E-state index contributed by atoms with van der Waals surface area (Å²) < 4.78 is 31.0. The van der Waals surface area contributed by atoms with E-state index >= 15 is 0 Å². The molecule has 4 amide bonds. The van der Waals surface area contributed by atoms with Gasteiger partial charge in [-0.25, -0.2) is 9.69 Å². The van der Waals surface area contributed by atoms with Crippen LogP contribution in [0, 0.1) is 6.92 Å². The molecule has 3 aromatic rings. The molecule has 0 saturated carbocycles. The van der Waals surface area contributed by atoms with E-state index in [0.29, 0.717) is 0 Å². The molecule has 178 valence electrons. The van der Waals surface area contributed by atoms with Crippen LogP contribution in [0.2, 0.25) is 10.0 Å². The first-order valence-corrected chi connectivity index (χ1v) is 12.2. The van der Waals surface area contributed by atoms with Crippen molar-refractivity contribution in [3.8, 4) is 5.75 Å². The lowest BCUT2D eigenvalue weighted by molar-refractivity contribution is -0.122. The van der Waals surface area contributed by atoms with Crippen LogP contribution in [0.25, 0.3) is 6.08 Å². The van der Waals surface area contributed by atoms with E-state index in [1.54, 1.807) is 37.3 Å². The highest BCUT2D eigenvalue weighted by molar-refractivity contribution is 7.87. The van der Waals surface area contributed by atoms with Crippen molar-refractivity contribution in [2.45, 2.75) is 11.8 Å². The second kappa shape index (κ2) is 9.53. The topological polar surface area (TPSA) is 110 Å². The highest BCUT2D eigenvalue weighted by atomic mass is 35.5. The Labute approximate surface area is 210 Å². The number of imide groups is 2. The first-order valence-electron chi connectivity index (χ1n) is 10.0. The van der Waals surface area contributed by atoms with E-state index in [1.807, 2.05) is 0 Å². The Morgan fingerprint density at radius 2 is 1.60 bits per heavy atom. The van der Waals surface area contributed by atoms with Crippen molar-refractivity contribution in [2.24, 2.45) is 0 Å². The molecule has 0 aliphatic carbocycles. The van der Waals surface area contributed by atoms with Crippen LogP contribution in [-0.2, 0) is 19.7 Å². The van der Waals surface area contributed by atoms with Gasteiger partial charge in [-0.3, -0.25) is 14.9 Å². The van der Waals surface area contributed by atoms with Crippen LogP contribution in [0.4, 0.5) is 10.5 Å². The third kappa shape index (κ3) is 5.07. The number of carbonyl (C=O) groups excluding carboxylic acids is 3. The predicted octanol–water partition coefficient (Wildman–Crippen LogP) is 4.74. The van der Waals surface area contributed by atoms with Crippen LogP contribution in [0.15, 0.2) is 77.2 Å². The van der Waals surface area contributed by atoms with Crippen molar-refractivity contribution in [3.63, 3.8) is 0 Å². The van der Waals surface area contributed by atoms with Crippen LogP contribution in [-0.4, -0.2) is 26.3 Å². The molecule has 1 saturated heterocycles. The summed E-state index contributed by atoms with van der Waals surface area (Å²) >= 11 is 12.3. The van der Waals surface area contributed by atoms with Crippen molar-refractivity contribution in [3.05, 3.63) is 93.5 Å². The van der Waals surface area contributed by atoms with E-state index in [0.717, 1.165) is 16.5 Å². The van der Waals surface area contributed by atoms with Gasteiger partial charge in [-0.15, -0.1) is 0 Å². The highest BCUT2D eigenvalue weighted by Gasteiger charge is 2.37. The zero-order valence-corrected chi connectivity index (χ0v) is 20.3. The summed E-state index contributed by atoms with van der Waals surface area (Å²) in [5.41, 5.74) is 0.567. The Kier molecular flexibility index (Phi) is 6.66. The number of anilines is 1. The predicted molar refractivity (Wildman–Crippen MR) is 131 cm³/mol. The number of amides is 4. The second-order valence-corrected chi connectivity index (χ2v) is 9.84. The molecule has 35 heavy (non-hydrogen) atoms. The Bertz CT molecular complexity index is 1490. The molecule has 0 unspecified atom stereocenters. The van der Waals surface area contributed by atoms with Gasteiger partial charge >= 0.3 is 16.1 Å². The standard InChI is InChI=1S/C24H16Cl2N2O6S/c1-14-7-9-18(10-8-14)35(32,33)34-21-15(11-16(25)13-20(21)26)12-19-22(29)27-24(31)28(23(19)30)17-5-3-2-4-6-17/h2-13H,1H3,(H,27,29,31)/b19-12+. The molecule has 0 bridgehead atoms. The zero-order chi connectivity index (χ0) is 25.3. The molecule has 1 fully saturated rings. The number of halogens is 2. The molecule has 0 aromatic heterocycles. The van der Waals surface area contributed by atoms with Crippen LogP contribution in [0.1, 0.15) is 11.1 Å². The number of carbonyl (C=O) groups is 3. The fourth-order valence-corrected chi connectivity index (χ4v) is 4.83. The number of rotatable bonds is 5. The molecule has 0 spiro atoms. The third-order valence-corrected chi connectivity index (χ3v) is 6.69. The summed E-state index contributed by atoms with van der Waals surface area (Å²) in [6.07, 6.45) is 1.07. The summed E-state index contributed by atoms with van der Waals surface area (Å²) in [7, 11) is -4.33. The van der Waals surface area contributed by atoms with Crippen molar-refractivity contribution >= 4 is 62.9 Å². The maximum atomic E-state index is 13.1. The molecule has 1 aliphatic rings. The van der Waals surface area contributed by atoms with E-state index in [2.05, 4.69) is 5.32 Å². The molecular weight excluding hydrogens is 515 g/mol. The molecular formula is C24H16Cl2N2O6S. The van der Waals surface area contributed by atoms with Gasteiger partial charge in [-0.2, -0.15) is 8.42 Å². The summed E-state index contributed by atoms with van der Waals surface area (Å²) in [4.78, 5) is 38.7. The quantitative estimate of drug-likeness (QED) is 0.290.